The first-order chi connectivity index (χ1) is 29.0. The fraction of sp³-hybridized carbons (Fsp3) is 0.481. The molecule has 8 nitrogen and oxygen atoms in total. The van der Waals surface area contributed by atoms with E-state index in [1.807, 2.05) is 52.2 Å². The Morgan fingerprint density at radius 1 is 0.452 bits per heavy atom. The average molecular weight is 839 g/mol. The molecular formula is C54H74N6O2. The highest BCUT2D eigenvalue weighted by Gasteiger charge is 2.44. The Bertz CT molecular complexity index is 2150. The SMILES string of the molecule is CC(=Nc1c(C(C)C)cccc1C(C)C)[C@@]1(C)Nc2c(cccc2C(C)C)C(=O)N1C.CC(=Nc1c(C(C)C)cccc1C(C)C)[C@]1(C)Nc2c(cccc2C(C)C)C(=O)N1C. The number of para-hydroxylation sites is 4. The summed E-state index contributed by atoms with van der Waals surface area (Å²) in [6, 6.07) is 24.9. The van der Waals surface area contributed by atoms with E-state index >= 15 is 0 Å². The molecule has 332 valence electrons. The zero-order chi connectivity index (χ0) is 46.2. The molecule has 4 aromatic carbocycles. The molecule has 2 aliphatic heterocycles. The Balaban J connectivity index is 0.000000234. The van der Waals surface area contributed by atoms with Crippen LogP contribution in [0.1, 0.15) is 200 Å². The van der Waals surface area contributed by atoms with Gasteiger partial charge >= 0.3 is 0 Å². The number of carbonyl (C=O) groups is 2. The van der Waals surface area contributed by atoms with Crippen molar-refractivity contribution in [3.8, 4) is 0 Å². The van der Waals surface area contributed by atoms with Crippen LogP contribution in [0.25, 0.3) is 0 Å². The van der Waals surface area contributed by atoms with Crippen LogP contribution in [0.15, 0.2) is 82.8 Å². The second-order valence-electron chi connectivity index (χ2n) is 19.6. The van der Waals surface area contributed by atoms with Crippen LogP contribution in [-0.2, 0) is 0 Å². The van der Waals surface area contributed by atoms with Crippen molar-refractivity contribution in [2.24, 2.45) is 9.98 Å². The predicted molar refractivity (Wildman–Crippen MR) is 264 cm³/mol. The quantitative estimate of drug-likeness (QED) is 0.156. The number of hydrogen-bond donors (Lipinski definition) is 2. The first-order valence-corrected chi connectivity index (χ1v) is 22.7. The zero-order valence-corrected chi connectivity index (χ0v) is 41.0. The van der Waals surface area contributed by atoms with Gasteiger partial charge in [0.15, 0.2) is 0 Å². The molecule has 0 fully saturated rings. The largest absolute Gasteiger partial charge is 0.357 e. The van der Waals surface area contributed by atoms with Crippen LogP contribution in [0.3, 0.4) is 0 Å². The number of carbonyl (C=O) groups excluding carboxylic acids is 2. The van der Waals surface area contributed by atoms with Gasteiger partial charge in [0.2, 0.25) is 0 Å². The molecule has 0 radical (unpaired) electrons. The van der Waals surface area contributed by atoms with Crippen LogP contribution in [-0.4, -0.2) is 58.5 Å². The van der Waals surface area contributed by atoms with E-state index in [1.165, 1.54) is 22.3 Å². The molecule has 0 spiro atoms. The minimum Gasteiger partial charge on any atom is -0.357 e. The third-order valence-electron chi connectivity index (χ3n) is 13.2. The van der Waals surface area contributed by atoms with E-state index < -0.39 is 11.3 Å². The van der Waals surface area contributed by atoms with E-state index in [9.17, 15) is 9.59 Å². The highest BCUT2D eigenvalue weighted by Crippen LogP contribution is 2.42. The van der Waals surface area contributed by atoms with Gasteiger partial charge < -0.3 is 20.4 Å². The molecule has 0 saturated carbocycles. The van der Waals surface area contributed by atoms with Gasteiger partial charge in [-0.2, -0.15) is 0 Å². The van der Waals surface area contributed by atoms with Gasteiger partial charge in [-0.3, -0.25) is 19.6 Å². The number of amides is 2. The summed E-state index contributed by atoms with van der Waals surface area (Å²) in [6.07, 6.45) is 0. The average Bonchev–Trinajstić information content (AvgIpc) is 3.21. The molecule has 62 heavy (non-hydrogen) atoms. The van der Waals surface area contributed by atoms with Crippen LogP contribution < -0.4 is 10.6 Å². The van der Waals surface area contributed by atoms with Crippen molar-refractivity contribution in [2.75, 3.05) is 24.7 Å². The van der Waals surface area contributed by atoms with E-state index in [4.69, 9.17) is 9.98 Å². The van der Waals surface area contributed by atoms with Gasteiger partial charge in [-0.1, -0.05) is 144 Å². The summed E-state index contributed by atoms with van der Waals surface area (Å²) in [5.74, 6) is 2.14. The second-order valence-corrected chi connectivity index (χ2v) is 19.6. The highest BCUT2D eigenvalue weighted by atomic mass is 16.2. The lowest BCUT2D eigenvalue weighted by atomic mass is 9.90. The fourth-order valence-corrected chi connectivity index (χ4v) is 8.66. The number of aliphatic imine (C=N–C) groups is 2. The topological polar surface area (TPSA) is 89.4 Å². The molecule has 0 unspecified atom stereocenters. The van der Waals surface area contributed by atoms with Crippen molar-refractivity contribution >= 4 is 46.0 Å². The van der Waals surface area contributed by atoms with Gasteiger partial charge in [-0.25, -0.2) is 0 Å². The van der Waals surface area contributed by atoms with Gasteiger partial charge in [0.05, 0.1) is 45.3 Å². The number of rotatable bonds is 10. The summed E-state index contributed by atoms with van der Waals surface area (Å²) >= 11 is 0. The molecule has 2 aliphatic rings. The Morgan fingerprint density at radius 3 is 0.952 bits per heavy atom. The predicted octanol–water partition coefficient (Wildman–Crippen LogP) is 14.1. The van der Waals surface area contributed by atoms with Gasteiger partial charge in [0, 0.05) is 14.1 Å². The maximum atomic E-state index is 13.3. The Labute approximate surface area is 373 Å². The third-order valence-corrected chi connectivity index (χ3v) is 13.2. The van der Waals surface area contributed by atoms with Crippen molar-refractivity contribution in [2.45, 2.75) is 158 Å². The van der Waals surface area contributed by atoms with Crippen molar-refractivity contribution in [3.05, 3.63) is 117 Å². The number of nitrogens with one attached hydrogen (secondary N) is 2. The number of benzene rings is 4. The summed E-state index contributed by atoms with van der Waals surface area (Å²) in [6.45, 7) is 34.4. The molecule has 0 aromatic heterocycles. The summed E-state index contributed by atoms with van der Waals surface area (Å²) in [7, 11) is 3.72. The van der Waals surface area contributed by atoms with E-state index in [-0.39, 0.29) is 11.8 Å². The highest BCUT2D eigenvalue weighted by molar-refractivity contribution is 6.10. The van der Waals surface area contributed by atoms with Gasteiger partial charge in [-0.05, 0) is 109 Å². The first kappa shape index (κ1) is 47.8. The van der Waals surface area contributed by atoms with Crippen molar-refractivity contribution < 1.29 is 9.59 Å². The molecule has 0 aliphatic carbocycles. The van der Waals surface area contributed by atoms with E-state index in [2.05, 4.69) is 156 Å². The summed E-state index contributed by atoms with van der Waals surface area (Å²) in [4.78, 5) is 40.6. The number of anilines is 2. The molecule has 6 rings (SSSR count). The Kier molecular flexibility index (Phi) is 14.4. The van der Waals surface area contributed by atoms with E-state index in [0.29, 0.717) is 35.5 Å². The van der Waals surface area contributed by atoms with Crippen LogP contribution in [0.2, 0.25) is 0 Å². The van der Waals surface area contributed by atoms with Crippen molar-refractivity contribution in [1.29, 1.82) is 0 Å². The molecule has 0 bridgehead atoms. The van der Waals surface area contributed by atoms with E-state index in [1.54, 1.807) is 9.80 Å². The first-order valence-electron chi connectivity index (χ1n) is 22.7. The van der Waals surface area contributed by atoms with Crippen LogP contribution in [0.4, 0.5) is 22.7 Å². The molecule has 2 N–H and O–H groups in total. The molecule has 2 atom stereocenters. The fourth-order valence-electron chi connectivity index (χ4n) is 8.66. The standard InChI is InChI=1S/2C27H37N3O/c2*1-16(2)20-12-10-13-21(17(3)4)24(20)28-19(7)27(8)29-25-22(18(5)6)14-11-15-23(25)26(31)30(27)9/h2*10-18,29H,1-9H3/t2*27-/m10/s1. The normalized spacial score (nSPS) is 19.3. The molecule has 2 heterocycles. The molecule has 4 aromatic rings. The van der Waals surface area contributed by atoms with Crippen molar-refractivity contribution in [1.82, 2.24) is 9.80 Å². The van der Waals surface area contributed by atoms with Gasteiger partial charge in [0.1, 0.15) is 11.3 Å². The van der Waals surface area contributed by atoms with Crippen LogP contribution >= 0.6 is 0 Å². The minimum atomic E-state index is -0.715. The summed E-state index contributed by atoms with van der Waals surface area (Å²) in [5.41, 5.74) is 13.0. The number of nitrogens with zero attached hydrogens (tertiary/aromatic N) is 4. The number of fused-ring (bicyclic) bond motifs is 2. The van der Waals surface area contributed by atoms with Gasteiger partial charge in [-0.15, -0.1) is 0 Å². The van der Waals surface area contributed by atoms with Crippen LogP contribution in [0.5, 0.6) is 0 Å². The lowest BCUT2D eigenvalue weighted by Gasteiger charge is -2.45. The van der Waals surface area contributed by atoms with Crippen LogP contribution in [0, 0.1) is 0 Å². The monoisotopic (exact) mass is 839 g/mol. The summed E-state index contributed by atoms with van der Waals surface area (Å²) in [5, 5.41) is 7.39. The minimum absolute atomic E-state index is 0.0227. The Hall–Kier alpha value is -5.24. The number of hydrogen-bond acceptors (Lipinski definition) is 6. The van der Waals surface area contributed by atoms with Crippen molar-refractivity contribution in [3.63, 3.8) is 0 Å². The smallest absolute Gasteiger partial charge is 0.257 e. The van der Waals surface area contributed by atoms with E-state index in [0.717, 1.165) is 56.4 Å². The zero-order valence-electron chi connectivity index (χ0n) is 41.0. The van der Waals surface area contributed by atoms with Gasteiger partial charge in [0.25, 0.3) is 11.8 Å². The molecule has 0 saturated heterocycles. The lowest BCUT2D eigenvalue weighted by molar-refractivity contribution is 0.0693. The molecule has 8 heteroatoms. The lowest BCUT2D eigenvalue weighted by Crippen LogP contribution is -2.60. The maximum Gasteiger partial charge on any atom is 0.257 e. The maximum absolute atomic E-state index is 13.3. The molecular weight excluding hydrogens is 765 g/mol. The molecule has 2 amide bonds. The second kappa shape index (κ2) is 18.6. The summed E-state index contributed by atoms with van der Waals surface area (Å²) < 4.78 is 0. The third kappa shape index (κ3) is 8.98. The Morgan fingerprint density at radius 2 is 0.694 bits per heavy atom.